The third-order valence-corrected chi connectivity index (χ3v) is 6.90. The van der Waals surface area contributed by atoms with Gasteiger partial charge in [-0.05, 0) is 29.5 Å². The number of alkyl halides is 1. The van der Waals surface area contributed by atoms with Crippen LogP contribution in [0.2, 0.25) is 0 Å². The Morgan fingerprint density at radius 1 is 1.19 bits per heavy atom. The third-order valence-electron chi connectivity index (χ3n) is 6.90. The van der Waals surface area contributed by atoms with Gasteiger partial charge in [0.05, 0.1) is 24.5 Å². The SMILES string of the molecule is CC(C)c1ccc([C@@H](NC(=O)[C@@H]2C[C@@H](F)CN2C(=O)CN(N)/C=C(\N)N2CCC2)c2ccccc2)nc1. The second kappa shape index (κ2) is 11.6. The average Bonchev–Trinajstić information content (AvgIpc) is 3.23. The number of amides is 2. The Hall–Kier alpha value is -3.66. The highest BCUT2D eigenvalue weighted by molar-refractivity contribution is 5.89. The number of likely N-dealkylation sites (tertiary alicyclic amines) is 2. The minimum absolute atomic E-state index is 0.0743. The minimum Gasteiger partial charge on any atom is -0.384 e. The summed E-state index contributed by atoms with van der Waals surface area (Å²) in [6.07, 6.45) is 2.98. The van der Waals surface area contributed by atoms with Crippen LogP contribution in [0.4, 0.5) is 4.39 Å². The van der Waals surface area contributed by atoms with Crippen LogP contribution in [0.5, 0.6) is 0 Å². The molecule has 9 nitrogen and oxygen atoms in total. The number of hydrazine groups is 1. The van der Waals surface area contributed by atoms with Gasteiger partial charge in [-0.2, -0.15) is 0 Å². The Morgan fingerprint density at radius 3 is 2.51 bits per heavy atom. The van der Waals surface area contributed by atoms with Crippen LogP contribution in [0.3, 0.4) is 0 Å². The van der Waals surface area contributed by atoms with E-state index in [4.69, 9.17) is 11.6 Å². The number of pyridine rings is 1. The van der Waals surface area contributed by atoms with Crippen LogP contribution in [0, 0.1) is 0 Å². The summed E-state index contributed by atoms with van der Waals surface area (Å²) < 4.78 is 14.5. The predicted octanol–water partition coefficient (Wildman–Crippen LogP) is 1.99. The van der Waals surface area contributed by atoms with Crippen molar-refractivity contribution >= 4 is 11.8 Å². The Morgan fingerprint density at radius 2 is 1.92 bits per heavy atom. The molecule has 0 radical (unpaired) electrons. The van der Waals surface area contributed by atoms with E-state index < -0.39 is 30.1 Å². The molecule has 37 heavy (non-hydrogen) atoms. The largest absolute Gasteiger partial charge is 0.384 e. The predicted molar refractivity (Wildman–Crippen MR) is 139 cm³/mol. The highest BCUT2D eigenvalue weighted by atomic mass is 19.1. The summed E-state index contributed by atoms with van der Waals surface area (Å²) >= 11 is 0. The molecule has 3 atom stereocenters. The van der Waals surface area contributed by atoms with E-state index in [1.807, 2.05) is 47.4 Å². The number of rotatable bonds is 9. The van der Waals surface area contributed by atoms with Crippen molar-refractivity contribution in [2.75, 3.05) is 26.2 Å². The monoisotopic (exact) mass is 509 g/mol. The molecule has 2 aliphatic rings. The molecule has 1 aromatic heterocycles. The van der Waals surface area contributed by atoms with Crippen LogP contribution >= 0.6 is 0 Å². The molecule has 2 aliphatic heterocycles. The van der Waals surface area contributed by atoms with E-state index in [1.54, 1.807) is 6.20 Å². The molecular weight excluding hydrogens is 473 g/mol. The highest BCUT2D eigenvalue weighted by Crippen LogP contribution is 2.26. The average molecular weight is 510 g/mol. The number of aromatic nitrogens is 1. The van der Waals surface area contributed by atoms with Crippen LogP contribution in [0.1, 0.15) is 55.5 Å². The Bertz CT molecular complexity index is 1110. The topological polar surface area (TPSA) is 121 Å². The first-order valence-corrected chi connectivity index (χ1v) is 12.7. The van der Waals surface area contributed by atoms with Crippen LogP contribution < -0.4 is 16.9 Å². The standard InChI is InChI=1S/C27H36FN7O2/c1-18(2)20-9-10-22(31-14-20)26(19-7-4-3-5-8-19)32-27(37)23-13-21(28)15-35(23)25(36)17-34(30)16-24(29)33-11-6-12-33/h3-5,7-10,14,16,18,21,23,26H,6,11-13,15,17,29-30H2,1-2H3,(H,32,37)/b24-16+/t21-,23+,26+/m1/s1. The van der Waals surface area contributed by atoms with Crippen LogP contribution in [-0.2, 0) is 9.59 Å². The van der Waals surface area contributed by atoms with Crippen molar-refractivity contribution in [1.82, 2.24) is 25.1 Å². The summed E-state index contributed by atoms with van der Waals surface area (Å²) in [4.78, 5) is 34.3. The summed E-state index contributed by atoms with van der Waals surface area (Å²) in [6.45, 7) is 5.49. The molecule has 10 heteroatoms. The van der Waals surface area contributed by atoms with Crippen molar-refractivity contribution in [1.29, 1.82) is 0 Å². The van der Waals surface area contributed by atoms with Gasteiger partial charge in [-0.3, -0.25) is 14.6 Å². The maximum Gasteiger partial charge on any atom is 0.244 e. The molecule has 3 heterocycles. The molecule has 4 rings (SSSR count). The van der Waals surface area contributed by atoms with E-state index in [1.165, 1.54) is 16.1 Å². The number of hydrogen-bond acceptors (Lipinski definition) is 7. The maximum atomic E-state index is 14.5. The molecule has 2 amide bonds. The third kappa shape index (κ3) is 6.37. The first-order valence-electron chi connectivity index (χ1n) is 12.7. The van der Waals surface area contributed by atoms with Gasteiger partial charge in [-0.1, -0.05) is 50.2 Å². The zero-order valence-corrected chi connectivity index (χ0v) is 21.4. The second-order valence-electron chi connectivity index (χ2n) is 9.99. The van der Waals surface area contributed by atoms with Crippen molar-refractivity contribution in [2.24, 2.45) is 11.6 Å². The number of carbonyl (C=O) groups is 2. The number of nitrogens with two attached hydrogens (primary N) is 2. The number of nitrogens with one attached hydrogen (secondary N) is 1. The van der Waals surface area contributed by atoms with Crippen molar-refractivity contribution in [2.45, 2.75) is 50.9 Å². The highest BCUT2D eigenvalue weighted by Gasteiger charge is 2.40. The van der Waals surface area contributed by atoms with Gasteiger partial charge in [0, 0.05) is 25.7 Å². The zero-order chi connectivity index (χ0) is 26.5. The summed E-state index contributed by atoms with van der Waals surface area (Å²) in [5, 5.41) is 4.20. The van der Waals surface area contributed by atoms with E-state index >= 15 is 0 Å². The first kappa shape index (κ1) is 26.4. The smallest absolute Gasteiger partial charge is 0.244 e. The molecule has 2 aromatic rings. The van der Waals surface area contributed by atoms with Gasteiger partial charge in [0.2, 0.25) is 11.8 Å². The molecular formula is C27H36FN7O2. The van der Waals surface area contributed by atoms with E-state index in [0.29, 0.717) is 17.4 Å². The molecule has 0 aliphatic carbocycles. The lowest BCUT2D eigenvalue weighted by molar-refractivity contribution is -0.139. The molecule has 0 bridgehead atoms. The van der Waals surface area contributed by atoms with Gasteiger partial charge in [-0.15, -0.1) is 0 Å². The van der Waals surface area contributed by atoms with Crippen molar-refractivity contribution in [3.8, 4) is 0 Å². The van der Waals surface area contributed by atoms with Gasteiger partial charge in [0.25, 0.3) is 0 Å². The van der Waals surface area contributed by atoms with Crippen molar-refractivity contribution in [3.63, 3.8) is 0 Å². The molecule has 2 saturated heterocycles. The fourth-order valence-electron chi connectivity index (χ4n) is 4.57. The molecule has 0 unspecified atom stereocenters. The normalized spacial score (nSPS) is 20.5. The number of benzene rings is 1. The Balaban J connectivity index is 1.49. The van der Waals surface area contributed by atoms with Gasteiger partial charge in [0.1, 0.15) is 24.6 Å². The van der Waals surface area contributed by atoms with Gasteiger partial charge in [0.15, 0.2) is 0 Å². The van der Waals surface area contributed by atoms with Crippen LogP contribution in [0.25, 0.3) is 0 Å². The summed E-state index contributed by atoms with van der Waals surface area (Å²) in [5.41, 5.74) is 8.60. The molecule has 2 fully saturated rings. The van der Waals surface area contributed by atoms with Crippen molar-refractivity contribution < 1.29 is 14.0 Å². The Labute approximate surface area is 217 Å². The van der Waals surface area contributed by atoms with E-state index in [0.717, 1.165) is 30.6 Å². The molecule has 0 spiro atoms. The molecule has 0 saturated carbocycles. The molecule has 5 N–H and O–H groups in total. The van der Waals surface area contributed by atoms with Crippen LogP contribution in [-0.4, -0.2) is 70.0 Å². The zero-order valence-electron chi connectivity index (χ0n) is 21.4. The van der Waals surface area contributed by atoms with Gasteiger partial charge in [-0.25, -0.2) is 10.2 Å². The minimum atomic E-state index is -1.30. The summed E-state index contributed by atoms with van der Waals surface area (Å²) in [5.74, 6) is 5.91. The van der Waals surface area contributed by atoms with E-state index in [-0.39, 0.29) is 19.5 Å². The summed E-state index contributed by atoms with van der Waals surface area (Å²) in [6, 6.07) is 11.9. The number of carbonyl (C=O) groups excluding carboxylic acids is 2. The fourth-order valence-corrected chi connectivity index (χ4v) is 4.57. The number of halogens is 1. The maximum absolute atomic E-state index is 14.5. The summed E-state index contributed by atoms with van der Waals surface area (Å²) in [7, 11) is 0. The quantitative estimate of drug-likeness (QED) is 0.349. The van der Waals surface area contributed by atoms with Gasteiger partial charge >= 0.3 is 0 Å². The Kier molecular flexibility index (Phi) is 8.27. The van der Waals surface area contributed by atoms with E-state index in [9.17, 15) is 14.0 Å². The first-order chi connectivity index (χ1) is 17.7. The van der Waals surface area contributed by atoms with Crippen molar-refractivity contribution in [3.05, 3.63) is 77.5 Å². The fraction of sp³-hybridized carbons (Fsp3) is 0.444. The molecule has 1 aromatic carbocycles. The van der Waals surface area contributed by atoms with Gasteiger partial charge < -0.3 is 25.9 Å². The van der Waals surface area contributed by atoms with E-state index in [2.05, 4.69) is 24.1 Å². The number of hydrogen-bond donors (Lipinski definition) is 3. The lowest BCUT2D eigenvalue weighted by Crippen LogP contribution is -2.50. The second-order valence-corrected chi connectivity index (χ2v) is 9.99. The lowest BCUT2D eigenvalue weighted by atomic mass is 10.00. The number of nitrogens with zero attached hydrogens (tertiary/aromatic N) is 4. The molecule has 198 valence electrons. The van der Waals surface area contributed by atoms with Crippen LogP contribution in [0.15, 0.2) is 60.7 Å². The lowest BCUT2D eigenvalue weighted by Gasteiger charge is -2.34.